The van der Waals surface area contributed by atoms with Crippen molar-refractivity contribution in [2.24, 2.45) is 0 Å². The average molecular weight is 249 g/mol. The maximum Gasteiger partial charge on any atom is 0.253 e. The maximum absolute atomic E-state index is 11.8. The van der Waals surface area contributed by atoms with Crippen LogP contribution >= 0.6 is 0 Å². The second-order valence-electron chi connectivity index (χ2n) is 4.07. The lowest BCUT2D eigenvalue weighted by molar-refractivity contribution is -0.120. The summed E-state index contributed by atoms with van der Waals surface area (Å²) in [5.74, 6) is -0.528. The van der Waals surface area contributed by atoms with Crippen LogP contribution in [0.15, 0.2) is 18.2 Å². The zero-order valence-corrected chi connectivity index (χ0v) is 10.7. The first kappa shape index (κ1) is 14.0. The Balaban J connectivity index is 2.55. The highest BCUT2D eigenvalue weighted by Gasteiger charge is 2.11. The van der Waals surface area contributed by atoms with Gasteiger partial charge in [0.1, 0.15) is 0 Å². The summed E-state index contributed by atoms with van der Waals surface area (Å²) in [6.45, 7) is 4.37. The topological polar surface area (TPSA) is 84.2 Å². The Morgan fingerprint density at radius 3 is 2.67 bits per heavy atom. The van der Waals surface area contributed by atoms with Crippen LogP contribution in [0.4, 0.5) is 5.69 Å². The number of hydrogen-bond acceptors (Lipinski definition) is 3. The fourth-order valence-electron chi connectivity index (χ4n) is 1.46. The number of para-hydroxylation sites is 1. The van der Waals surface area contributed by atoms with E-state index in [2.05, 4.69) is 10.6 Å². The van der Waals surface area contributed by atoms with Crippen molar-refractivity contribution in [1.29, 1.82) is 0 Å². The third-order valence-corrected chi connectivity index (χ3v) is 2.55. The molecule has 1 aromatic rings. The molecule has 0 fully saturated rings. The Labute approximate surface area is 107 Å². The molecule has 1 aromatic carbocycles. The van der Waals surface area contributed by atoms with Crippen molar-refractivity contribution in [2.45, 2.75) is 20.3 Å². The lowest BCUT2D eigenvalue weighted by Gasteiger charge is -2.09. The first-order valence-electron chi connectivity index (χ1n) is 5.96. The van der Waals surface area contributed by atoms with Gasteiger partial charge in [0.05, 0.1) is 12.1 Å². The van der Waals surface area contributed by atoms with E-state index in [1.807, 2.05) is 19.9 Å². The molecule has 0 aliphatic rings. The minimum atomic E-state index is -0.331. The number of benzene rings is 1. The molecule has 5 nitrogen and oxygen atoms in total. The number of hydrogen-bond donors (Lipinski definition) is 3. The molecule has 0 aliphatic heterocycles. The van der Waals surface area contributed by atoms with E-state index in [0.717, 1.165) is 12.0 Å². The van der Waals surface area contributed by atoms with E-state index < -0.39 is 0 Å². The van der Waals surface area contributed by atoms with Gasteiger partial charge < -0.3 is 16.4 Å². The fraction of sp³-hybridized carbons (Fsp3) is 0.385. The molecule has 1 rings (SSSR count). The molecule has 18 heavy (non-hydrogen) atoms. The lowest BCUT2D eigenvalue weighted by atomic mass is 10.1. The van der Waals surface area contributed by atoms with Crippen molar-refractivity contribution in [3.05, 3.63) is 29.3 Å². The molecule has 98 valence electrons. The van der Waals surface area contributed by atoms with E-state index in [4.69, 9.17) is 5.73 Å². The van der Waals surface area contributed by atoms with Gasteiger partial charge in [-0.1, -0.05) is 19.1 Å². The number of amides is 2. The van der Waals surface area contributed by atoms with Crippen LogP contribution in [0, 0.1) is 6.92 Å². The van der Waals surface area contributed by atoms with Gasteiger partial charge in [-0.25, -0.2) is 0 Å². The third-order valence-electron chi connectivity index (χ3n) is 2.55. The van der Waals surface area contributed by atoms with Gasteiger partial charge in [0.15, 0.2) is 0 Å². The van der Waals surface area contributed by atoms with Crippen LogP contribution in [0.3, 0.4) is 0 Å². The Morgan fingerprint density at radius 1 is 1.28 bits per heavy atom. The van der Waals surface area contributed by atoms with Crippen molar-refractivity contribution in [3.63, 3.8) is 0 Å². The van der Waals surface area contributed by atoms with Crippen molar-refractivity contribution in [2.75, 3.05) is 18.8 Å². The molecule has 0 heterocycles. The van der Waals surface area contributed by atoms with E-state index in [1.54, 1.807) is 12.1 Å². The molecule has 0 bridgehead atoms. The van der Waals surface area contributed by atoms with Crippen LogP contribution in [-0.4, -0.2) is 24.9 Å². The molecule has 0 unspecified atom stereocenters. The number of rotatable bonds is 5. The maximum atomic E-state index is 11.8. The SMILES string of the molecule is CCCNC(=O)CNC(=O)c1cccc(C)c1N. The van der Waals surface area contributed by atoms with Gasteiger partial charge in [-0.15, -0.1) is 0 Å². The minimum Gasteiger partial charge on any atom is -0.398 e. The van der Waals surface area contributed by atoms with Crippen molar-refractivity contribution in [3.8, 4) is 0 Å². The highest BCUT2D eigenvalue weighted by Crippen LogP contribution is 2.15. The van der Waals surface area contributed by atoms with Crippen LogP contribution in [0.5, 0.6) is 0 Å². The normalized spacial score (nSPS) is 9.89. The van der Waals surface area contributed by atoms with Gasteiger partial charge in [-0.3, -0.25) is 9.59 Å². The second kappa shape index (κ2) is 6.64. The zero-order chi connectivity index (χ0) is 13.5. The van der Waals surface area contributed by atoms with Gasteiger partial charge in [0.2, 0.25) is 5.91 Å². The van der Waals surface area contributed by atoms with Gasteiger partial charge >= 0.3 is 0 Å². The molecule has 2 amide bonds. The number of carbonyl (C=O) groups is 2. The molecule has 0 aliphatic carbocycles. The summed E-state index contributed by atoms with van der Waals surface area (Å²) in [7, 11) is 0. The second-order valence-corrected chi connectivity index (χ2v) is 4.07. The molecule has 0 aromatic heterocycles. The fourth-order valence-corrected chi connectivity index (χ4v) is 1.46. The predicted octanol–water partition coefficient (Wildman–Crippen LogP) is 0.833. The summed E-state index contributed by atoms with van der Waals surface area (Å²) in [4.78, 5) is 23.2. The zero-order valence-electron chi connectivity index (χ0n) is 10.7. The molecule has 0 saturated heterocycles. The Bertz CT molecular complexity index is 444. The van der Waals surface area contributed by atoms with Crippen LogP contribution in [-0.2, 0) is 4.79 Å². The number of nitrogen functional groups attached to an aromatic ring is 1. The molecule has 0 spiro atoms. The molecule has 0 radical (unpaired) electrons. The number of nitrogens with two attached hydrogens (primary N) is 1. The van der Waals surface area contributed by atoms with E-state index in [-0.39, 0.29) is 18.4 Å². The third kappa shape index (κ3) is 3.76. The predicted molar refractivity (Wildman–Crippen MR) is 71.2 cm³/mol. The molecule has 0 saturated carbocycles. The molecular formula is C13H19N3O2. The van der Waals surface area contributed by atoms with Crippen LogP contribution < -0.4 is 16.4 Å². The largest absolute Gasteiger partial charge is 0.398 e. The summed E-state index contributed by atoms with van der Waals surface area (Å²) >= 11 is 0. The number of carbonyl (C=O) groups excluding carboxylic acids is 2. The number of anilines is 1. The lowest BCUT2D eigenvalue weighted by Crippen LogP contribution is -2.37. The summed E-state index contributed by atoms with van der Waals surface area (Å²) in [5, 5.41) is 5.22. The average Bonchev–Trinajstić information content (AvgIpc) is 2.36. The molecular weight excluding hydrogens is 230 g/mol. The Morgan fingerprint density at radius 2 is 2.00 bits per heavy atom. The number of aryl methyl sites for hydroxylation is 1. The van der Waals surface area contributed by atoms with Gasteiger partial charge in [-0.05, 0) is 25.0 Å². The van der Waals surface area contributed by atoms with Crippen molar-refractivity contribution < 1.29 is 9.59 Å². The first-order valence-corrected chi connectivity index (χ1v) is 5.96. The monoisotopic (exact) mass is 249 g/mol. The van der Waals surface area contributed by atoms with E-state index >= 15 is 0 Å². The standard InChI is InChI=1S/C13H19N3O2/c1-3-7-15-11(17)8-16-13(18)10-6-4-5-9(2)12(10)14/h4-6H,3,7-8,14H2,1-2H3,(H,15,17)(H,16,18). The molecule has 4 N–H and O–H groups in total. The highest BCUT2D eigenvalue weighted by molar-refractivity contribution is 6.01. The van der Waals surface area contributed by atoms with Gasteiger partial charge in [-0.2, -0.15) is 0 Å². The van der Waals surface area contributed by atoms with Crippen molar-refractivity contribution >= 4 is 17.5 Å². The Hall–Kier alpha value is -2.04. The molecule has 5 heteroatoms. The van der Waals surface area contributed by atoms with Gasteiger partial charge in [0.25, 0.3) is 5.91 Å². The van der Waals surface area contributed by atoms with Crippen molar-refractivity contribution in [1.82, 2.24) is 10.6 Å². The van der Waals surface area contributed by atoms with E-state index in [0.29, 0.717) is 17.8 Å². The summed E-state index contributed by atoms with van der Waals surface area (Å²) in [6.07, 6.45) is 0.866. The van der Waals surface area contributed by atoms with Crippen LogP contribution in [0.1, 0.15) is 29.3 Å². The van der Waals surface area contributed by atoms with E-state index in [9.17, 15) is 9.59 Å². The smallest absolute Gasteiger partial charge is 0.253 e. The van der Waals surface area contributed by atoms with Gasteiger partial charge in [0, 0.05) is 12.2 Å². The Kier molecular flexibility index (Phi) is 5.17. The van der Waals surface area contributed by atoms with Crippen LogP contribution in [0.2, 0.25) is 0 Å². The summed E-state index contributed by atoms with van der Waals surface area (Å²) < 4.78 is 0. The number of nitrogens with one attached hydrogen (secondary N) is 2. The summed E-state index contributed by atoms with van der Waals surface area (Å²) in [6, 6.07) is 5.24. The minimum absolute atomic E-state index is 0.0355. The van der Waals surface area contributed by atoms with Crippen LogP contribution in [0.25, 0.3) is 0 Å². The highest BCUT2D eigenvalue weighted by atomic mass is 16.2. The first-order chi connectivity index (χ1) is 8.56. The quantitative estimate of drug-likeness (QED) is 0.676. The van der Waals surface area contributed by atoms with E-state index in [1.165, 1.54) is 0 Å². The molecule has 0 atom stereocenters. The summed E-state index contributed by atoms with van der Waals surface area (Å²) in [5.41, 5.74) is 7.50.